The quantitative estimate of drug-likeness (QED) is 0.0249. The van der Waals surface area contributed by atoms with Gasteiger partial charge in [-0.25, -0.2) is 4.98 Å². The maximum absolute atomic E-state index is 15.1. The first-order chi connectivity index (χ1) is 50.1. The van der Waals surface area contributed by atoms with Gasteiger partial charge in [-0.1, -0.05) is 127 Å². The molecule has 0 radical (unpaired) electrons. The van der Waals surface area contributed by atoms with Gasteiger partial charge in [-0.2, -0.15) is 0 Å². The van der Waals surface area contributed by atoms with Gasteiger partial charge in [0.2, 0.25) is 65.0 Å². The standard InChI is InChI=1S/C75H86ClN15O13/c1-44(93)83-58(36-48-20-25-49-14-5-6-15-50(49)32-48)68(97)85-60(34-46-21-26-52(76)27-22-46)69(98)86-59(33-45-12-3-2-4-13-45)70(99)90-64(42-92)73(102)88-62(38-53-40-79-43-82-53)72(101)84-57(18-9-10-30-77)67(96)87-61(37-51-39-80-56-17-8-7-16-55(51)56)71(100)89-63(35-47-23-28-54(94)29-24-47)75(104)91-31-11-19-65(91)74(103)81-41-66(78)95/h2-8,12-17,20-29,32,39-40,43,57-65,80,92,94H,9-11,18-19,30-31,33-38,41-42,77H2,1H3,(H2,78,95)(H,79,82)(H,81,103)(H,83,93)(H,84,101)(H,85,97)(H,86,98)(H,87,96)(H,88,102)(H,89,100)(H,90,99)/t57-,58-,59+,60-,61+,62+,63+,64+,65+/m1/s1. The number of carbonyl (C=O) groups is 11. The van der Waals surface area contributed by atoms with Crippen molar-refractivity contribution < 1.29 is 63.0 Å². The van der Waals surface area contributed by atoms with E-state index in [1.54, 1.807) is 79.0 Å². The van der Waals surface area contributed by atoms with Gasteiger partial charge >= 0.3 is 0 Å². The van der Waals surface area contributed by atoms with E-state index in [2.05, 4.69) is 62.8 Å². The molecule has 11 amide bonds. The maximum atomic E-state index is 15.1. The van der Waals surface area contributed by atoms with E-state index >= 15 is 9.59 Å². The molecule has 1 fully saturated rings. The highest BCUT2D eigenvalue weighted by molar-refractivity contribution is 6.30. The molecule has 0 unspecified atom stereocenters. The third kappa shape index (κ3) is 22.0. The Morgan fingerprint density at radius 2 is 1.07 bits per heavy atom. The van der Waals surface area contributed by atoms with Gasteiger partial charge in [-0.3, -0.25) is 52.7 Å². The zero-order valence-corrected chi connectivity index (χ0v) is 58.0. The molecule has 1 aliphatic heterocycles. The van der Waals surface area contributed by atoms with E-state index in [1.165, 1.54) is 36.5 Å². The third-order valence-corrected chi connectivity index (χ3v) is 18.1. The molecule has 104 heavy (non-hydrogen) atoms. The van der Waals surface area contributed by atoms with E-state index in [4.69, 9.17) is 23.1 Å². The van der Waals surface area contributed by atoms with Crippen molar-refractivity contribution >= 4 is 98.3 Å². The van der Waals surface area contributed by atoms with Crippen molar-refractivity contribution in [3.8, 4) is 5.75 Å². The molecule has 0 aliphatic carbocycles. The lowest BCUT2D eigenvalue weighted by atomic mass is 9.99. The second kappa shape index (κ2) is 37.4. The molecule has 9 atom stereocenters. The lowest BCUT2D eigenvalue weighted by Gasteiger charge is -2.30. The molecule has 2 aromatic heterocycles. The average Bonchev–Trinajstić information content (AvgIpc) is 1.67. The molecule has 1 aliphatic rings. The first-order valence-corrected chi connectivity index (χ1v) is 34.6. The van der Waals surface area contributed by atoms with E-state index in [9.17, 15) is 53.4 Å². The van der Waals surface area contributed by atoms with E-state index < -0.39 is 133 Å². The lowest BCUT2D eigenvalue weighted by molar-refractivity contribution is -0.142. The van der Waals surface area contributed by atoms with Crippen LogP contribution in [-0.2, 0) is 91.3 Å². The highest BCUT2D eigenvalue weighted by Crippen LogP contribution is 2.24. The van der Waals surface area contributed by atoms with Crippen LogP contribution in [0.25, 0.3) is 21.7 Å². The molecule has 3 heterocycles. The minimum absolute atomic E-state index is 0.0462. The van der Waals surface area contributed by atoms with E-state index in [-0.39, 0.29) is 76.6 Å². The lowest BCUT2D eigenvalue weighted by Crippen LogP contribution is -2.61. The van der Waals surface area contributed by atoms with E-state index in [0.717, 1.165) is 16.3 Å². The fourth-order valence-electron chi connectivity index (χ4n) is 12.5. The number of amides is 11. The Morgan fingerprint density at radius 1 is 0.558 bits per heavy atom. The second-order valence-corrected chi connectivity index (χ2v) is 26.1. The number of aromatic hydroxyl groups is 1. The number of imidazole rings is 1. The number of rotatable bonds is 36. The highest BCUT2D eigenvalue weighted by Gasteiger charge is 2.40. The van der Waals surface area contributed by atoms with Gasteiger partial charge in [-0.15, -0.1) is 0 Å². The molecule has 28 nitrogen and oxygen atoms in total. The van der Waals surface area contributed by atoms with Crippen LogP contribution in [0.15, 0.2) is 164 Å². The van der Waals surface area contributed by atoms with Gasteiger partial charge in [0.05, 0.1) is 19.5 Å². The number of hydrogen-bond acceptors (Lipinski definition) is 15. The van der Waals surface area contributed by atoms with Crippen molar-refractivity contribution in [2.75, 3.05) is 26.2 Å². The number of nitrogens with one attached hydrogen (secondary N) is 11. The predicted molar refractivity (Wildman–Crippen MR) is 387 cm³/mol. The minimum atomic E-state index is -1.79. The Bertz CT molecular complexity index is 4310. The molecular formula is C75H86ClN15O13. The van der Waals surface area contributed by atoms with Crippen LogP contribution in [0.4, 0.5) is 0 Å². The molecule has 0 bridgehead atoms. The highest BCUT2D eigenvalue weighted by atomic mass is 35.5. The summed E-state index contributed by atoms with van der Waals surface area (Å²) in [7, 11) is 0. The van der Waals surface area contributed by atoms with Gasteiger partial charge in [0, 0.05) is 86.0 Å². The van der Waals surface area contributed by atoms with Crippen LogP contribution in [0.3, 0.4) is 0 Å². The number of para-hydroxylation sites is 1. The van der Waals surface area contributed by atoms with Crippen molar-refractivity contribution in [3.63, 3.8) is 0 Å². The Kier molecular flexibility index (Phi) is 27.6. The summed E-state index contributed by atoms with van der Waals surface area (Å²) in [5, 5.41) is 48.4. The number of halogens is 1. The fourth-order valence-corrected chi connectivity index (χ4v) is 12.6. The van der Waals surface area contributed by atoms with E-state index in [1.807, 2.05) is 60.7 Å². The number of unbranched alkanes of at least 4 members (excludes halogenated alkanes) is 1. The van der Waals surface area contributed by atoms with E-state index in [0.29, 0.717) is 56.7 Å². The number of aromatic amines is 2. The molecule has 17 N–H and O–H groups in total. The van der Waals surface area contributed by atoms with Crippen LogP contribution in [0.2, 0.25) is 5.02 Å². The predicted octanol–water partition coefficient (Wildman–Crippen LogP) is 1.77. The minimum Gasteiger partial charge on any atom is -0.508 e. The second-order valence-electron chi connectivity index (χ2n) is 25.6. The molecule has 9 rings (SSSR count). The molecule has 0 spiro atoms. The van der Waals surface area contributed by atoms with Gasteiger partial charge < -0.3 is 84.4 Å². The van der Waals surface area contributed by atoms with Crippen LogP contribution in [0.1, 0.15) is 72.5 Å². The number of phenolic OH excluding ortho intramolecular Hbond substituents is 1. The van der Waals surface area contributed by atoms with Crippen molar-refractivity contribution in [2.45, 2.75) is 132 Å². The summed E-state index contributed by atoms with van der Waals surface area (Å²) in [5.74, 6) is -8.84. The average molecular weight is 1440 g/mol. The molecule has 8 aromatic rings. The topological polar surface area (TPSA) is 436 Å². The first-order valence-electron chi connectivity index (χ1n) is 34.2. The van der Waals surface area contributed by atoms with Gasteiger partial charge in [0.15, 0.2) is 0 Å². The number of benzene rings is 6. The Labute approximate surface area is 604 Å². The Hall–Kier alpha value is -11.5. The Balaban J connectivity index is 0.948. The summed E-state index contributed by atoms with van der Waals surface area (Å²) in [5.41, 5.74) is 15.2. The number of hydrogen-bond donors (Lipinski definition) is 15. The van der Waals surface area contributed by atoms with Crippen LogP contribution < -0.4 is 59.3 Å². The zero-order valence-electron chi connectivity index (χ0n) is 57.2. The number of aliphatic hydroxyl groups is 1. The number of aromatic nitrogens is 3. The number of phenols is 1. The first kappa shape index (κ1) is 76.7. The molecular weight excluding hydrogens is 1350 g/mol. The van der Waals surface area contributed by atoms with Gasteiger partial charge in [0.25, 0.3) is 0 Å². The molecule has 0 saturated carbocycles. The number of nitrogens with two attached hydrogens (primary N) is 2. The molecule has 29 heteroatoms. The normalized spacial score (nSPS) is 15.0. The smallest absolute Gasteiger partial charge is 0.246 e. The van der Waals surface area contributed by atoms with Crippen molar-refractivity contribution in [3.05, 3.63) is 203 Å². The summed E-state index contributed by atoms with van der Waals surface area (Å²) in [4.78, 5) is 168. The number of H-pyrrole nitrogens is 2. The molecule has 6 aromatic carbocycles. The number of likely N-dealkylation sites (tertiary alicyclic amines) is 1. The number of nitrogens with zero attached hydrogens (tertiary/aromatic N) is 2. The number of aliphatic hydroxyl groups excluding tert-OH is 1. The monoisotopic (exact) mass is 1440 g/mol. The zero-order chi connectivity index (χ0) is 74.2. The van der Waals surface area contributed by atoms with Gasteiger partial charge in [-0.05, 0) is 108 Å². The largest absolute Gasteiger partial charge is 0.508 e. The third-order valence-electron chi connectivity index (χ3n) is 17.9. The number of primary amides is 1. The van der Waals surface area contributed by atoms with Crippen LogP contribution in [0.5, 0.6) is 5.75 Å². The Morgan fingerprint density at radius 3 is 1.68 bits per heavy atom. The van der Waals surface area contributed by atoms with Crippen LogP contribution in [0, 0.1) is 0 Å². The fraction of sp³-hybridized carbons (Fsp3) is 0.333. The van der Waals surface area contributed by atoms with Crippen LogP contribution >= 0.6 is 11.6 Å². The summed E-state index contributed by atoms with van der Waals surface area (Å²) in [6.45, 7) is 0.0812. The van der Waals surface area contributed by atoms with Crippen molar-refractivity contribution in [2.24, 2.45) is 11.5 Å². The van der Waals surface area contributed by atoms with Crippen molar-refractivity contribution in [1.29, 1.82) is 0 Å². The summed E-state index contributed by atoms with van der Waals surface area (Å²) in [6.07, 6.45) is 4.84. The van der Waals surface area contributed by atoms with Crippen LogP contribution in [-0.4, -0.2) is 176 Å². The summed E-state index contributed by atoms with van der Waals surface area (Å²) in [6, 6.07) is 28.9. The SMILES string of the molecule is CC(=O)N[C@H](Cc1ccc2ccccc2c1)C(=O)N[C@H](Cc1ccc(Cl)cc1)C(=O)N[C@@H](Cc1ccccc1)C(=O)N[C@@H](CO)C(=O)N[C@@H](Cc1cnc[nH]1)C(=O)N[C@H](CCCCN)C(=O)N[C@@H](Cc1c[nH]c2ccccc12)C(=O)N[C@@H](Cc1ccc(O)cc1)C(=O)N1CCC[C@H]1C(=O)NCC(N)=O. The molecule has 546 valence electrons. The maximum Gasteiger partial charge on any atom is 0.246 e. The number of carbonyl (C=O) groups excluding carboxylic acids is 11. The summed E-state index contributed by atoms with van der Waals surface area (Å²) < 4.78 is 0. The summed E-state index contributed by atoms with van der Waals surface area (Å²) >= 11 is 6.25. The molecule has 1 saturated heterocycles. The van der Waals surface area contributed by atoms with Gasteiger partial charge in [0.1, 0.15) is 60.1 Å². The number of fused-ring (bicyclic) bond motifs is 2. The van der Waals surface area contributed by atoms with Crippen molar-refractivity contribution in [1.82, 2.24) is 67.7 Å².